The summed E-state index contributed by atoms with van der Waals surface area (Å²) in [5.41, 5.74) is -3.65. The third-order valence-electron chi connectivity index (χ3n) is 2.07. The zero-order valence-corrected chi connectivity index (χ0v) is 12.3. The van der Waals surface area contributed by atoms with Crippen LogP contribution in [0.1, 0.15) is 13.8 Å². The molecule has 1 unspecified atom stereocenters. The van der Waals surface area contributed by atoms with Crippen LogP contribution >= 0.6 is 7.75 Å². The molecule has 11 heteroatoms. The van der Waals surface area contributed by atoms with E-state index in [1.54, 1.807) is 0 Å². The van der Waals surface area contributed by atoms with E-state index in [0.717, 1.165) is 7.11 Å². The van der Waals surface area contributed by atoms with E-state index in [2.05, 4.69) is 18.5 Å². The van der Waals surface area contributed by atoms with Crippen molar-refractivity contribution in [1.82, 2.24) is 5.09 Å². The maximum atomic E-state index is 13.1. The van der Waals surface area contributed by atoms with Crippen LogP contribution < -0.4 is 5.09 Å². The van der Waals surface area contributed by atoms with Crippen molar-refractivity contribution in [2.75, 3.05) is 27.4 Å². The minimum atomic E-state index is -5.25. The Balaban J connectivity index is 5.66. The minimum absolute atomic E-state index is 0.205. The summed E-state index contributed by atoms with van der Waals surface area (Å²) in [6, 6.07) is 0. The van der Waals surface area contributed by atoms with Crippen LogP contribution in [0.25, 0.3) is 0 Å². The molecular weight excluding hydrogens is 306 g/mol. The Bertz CT molecular complexity index is 367. The molecule has 0 fully saturated rings. The van der Waals surface area contributed by atoms with E-state index < -0.39 is 25.6 Å². The normalized spacial score (nSPS) is 15.8. The van der Waals surface area contributed by atoms with Gasteiger partial charge in [-0.3, -0.25) is 9.05 Å². The number of hydrogen-bond acceptors (Lipinski definition) is 6. The number of carbonyl (C=O) groups is 1. The average molecular weight is 323 g/mol. The smallest absolute Gasteiger partial charge is 0.443 e. The standard InChI is InChI=1S/C9H17F3NO6P/c1-5-18-20(15,19-6-2)13-8(17-4,7(14)16-3)9(10,11)12/h5-6H2,1-4H3,(H,13,15). The molecule has 1 atom stereocenters. The van der Waals surface area contributed by atoms with Gasteiger partial charge in [0.05, 0.1) is 20.3 Å². The Labute approximate surface area is 114 Å². The molecule has 0 bridgehead atoms. The number of hydrogen-bond donors (Lipinski definition) is 1. The van der Waals surface area contributed by atoms with E-state index in [1.165, 1.54) is 18.9 Å². The number of ether oxygens (including phenoxy) is 2. The number of rotatable bonds is 8. The van der Waals surface area contributed by atoms with Crippen LogP contribution in [0.5, 0.6) is 0 Å². The molecule has 0 aromatic carbocycles. The van der Waals surface area contributed by atoms with E-state index in [4.69, 9.17) is 0 Å². The molecule has 0 aliphatic heterocycles. The van der Waals surface area contributed by atoms with Crippen molar-refractivity contribution < 1.29 is 41.1 Å². The van der Waals surface area contributed by atoms with Gasteiger partial charge in [0.15, 0.2) is 0 Å². The highest BCUT2D eigenvalue weighted by molar-refractivity contribution is 7.51. The van der Waals surface area contributed by atoms with Crippen LogP contribution in [0.4, 0.5) is 13.2 Å². The fourth-order valence-corrected chi connectivity index (χ4v) is 2.83. The first-order chi connectivity index (χ1) is 9.12. The number of carbonyl (C=O) groups excluding carboxylic acids is 1. The Hall–Kier alpha value is -0.670. The second kappa shape index (κ2) is 7.37. The van der Waals surface area contributed by atoms with E-state index in [-0.39, 0.29) is 13.2 Å². The van der Waals surface area contributed by atoms with Crippen molar-refractivity contribution in [2.45, 2.75) is 25.7 Å². The number of nitrogens with one attached hydrogen (secondary N) is 1. The summed E-state index contributed by atoms with van der Waals surface area (Å²) in [4.78, 5) is 11.4. The fourth-order valence-electron chi connectivity index (χ4n) is 1.25. The molecule has 0 amide bonds. The molecule has 0 radical (unpaired) electrons. The Morgan fingerprint density at radius 1 is 1.15 bits per heavy atom. The van der Waals surface area contributed by atoms with Crippen LogP contribution in [0, 0.1) is 0 Å². The summed E-state index contributed by atoms with van der Waals surface area (Å²) in [6.45, 7) is 2.38. The molecule has 0 aromatic rings. The summed E-state index contributed by atoms with van der Waals surface area (Å²) in [6.07, 6.45) is -5.25. The minimum Gasteiger partial charge on any atom is -0.466 e. The molecule has 0 saturated heterocycles. The summed E-state index contributed by atoms with van der Waals surface area (Å²) < 4.78 is 69.0. The molecule has 0 spiro atoms. The lowest BCUT2D eigenvalue weighted by Crippen LogP contribution is -2.63. The second-order valence-corrected chi connectivity index (χ2v) is 5.05. The first kappa shape index (κ1) is 19.3. The predicted molar refractivity (Wildman–Crippen MR) is 61.8 cm³/mol. The molecular formula is C9H17F3NO6P. The lowest BCUT2D eigenvalue weighted by molar-refractivity contribution is -0.275. The summed E-state index contributed by atoms with van der Waals surface area (Å²) in [5.74, 6) is -1.83. The highest BCUT2D eigenvalue weighted by atomic mass is 31.2. The van der Waals surface area contributed by atoms with E-state index in [9.17, 15) is 22.5 Å². The van der Waals surface area contributed by atoms with Crippen molar-refractivity contribution in [3.63, 3.8) is 0 Å². The lowest BCUT2D eigenvalue weighted by atomic mass is 10.2. The van der Waals surface area contributed by atoms with Gasteiger partial charge in [-0.25, -0.2) is 9.36 Å². The number of halogens is 3. The third kappa shape index (κ3) is 4.16. The first-order valence-corrected chi connectivity index (χ1v) is 7.05. The zero-order valence-electron chi connectivity index (χ0n) is 11.4. The Morgan fingerprint density at radius 2 is 1.60 bits per heavy atom. The molecule has 7 nitrogen and oxygen atoms in total. The van der Waals surface area contributed by atoms with E-state index in [0.29, 0.717) is 7.11 Å². The Kier molecular flexibility index (Phi) is 7.12. The molecule has 0 rings (SSSR count). The average Bonchev–Trinajstić information content (AvgIpc) is 2.34. The lowest BCUT2D eigenvalue weighted by Gasteiger charge is -2.34. The van der Waals surface area contributed by atoms with E-state index >= 15 is 0 Å². The first-order valence-electron chi connectivity index (χ1n) is 5.51. The second-order valence-electron chi connectivity index (χ2n) is 3.32. The quantitative estimate of drug-likeness (QED) is 0.414. The number of alkyl halides is 3. The van der Waals surface area contributed by atoms with Crippen molar-refractivity contribution in [3.05, 3.63) is 0 Å². The molecule has 120 valence electrons. The fraction of sp³-hybridized carbons (Fsp3) is 0.889. The van der Waals surface area contributed by atoms with Gasteiger partial charge < -0.3 is 9.47 Å². The predicted octanol–water partition coefficient (Wildman–Crippen LogP) is 1.84. The van der Waals surface area contributed by atoms with Crippen LogP contribution in [-0.2, 0) is 27.9 Å². The van der Waals surface area contributed by atoms with Gasteiger partial charge in [0.2, 0.25) is 0 Å². The highest BCUT2D eigenvalue weighted by Crippen LogP contribution is 2.49. The number of esters is 1. The molecule has 0 aromatic heterocycles. The summed E-state index contributed by atoms with van der Waals surface area (Å²) >= 11 is 0. The summed E-state index contributed by atoms with van der Waals surface area (Å²) in [7, 11) is -3.07. The van der Waals surface area contributed by atoms with E-state index in [1.807, 2.05) is 0 Å². The zero-order chi connectivity index (χ0) is 16.0. The Morgan fingerprint density at radius 3 is 1.85 bits per heavy atom. The number of methoxy groups -OCH3 is 2. The van der Waals surface area contributed by atoms with Gasteiger partial charge in [-0.15, -0.1) is 0 Å². The molecule has 0 aliphatic rings. The van der Waals surface area contributed by atoms with Gasteiger partial charge in [-0.05, 0) is 13.8 Å². The van der Waals surface area contributed by atoms with Gasteiger partial charge in [-0.1, -0.05) is 0 Å². The van der Waals surface area contributed by atoms with Gasteiger partial charge >= 0.3 is 25.6 Å². The largest absolute Gasteiger partial charge is 0.466 e. The van der Waals surface area contributed by atoms with Crippen LogP contribution in [0.3, 0.4) is 0 Å². The van der Waals surface area contributed by atoms with Crippen LogP contribution in [-0.4, -0.2) is 45.3 Å². The van der Waals surface area contributed by atoms with Crippen molar-refractivity contribution in [1.29, 1.82) is 0 Å². The maximum absolute atomic E-state index is 13.1. The van der Waals surface area contributed by atoms with Crippen molar-refractivity contribution in [3.8, 4) is 0 Å². The van der Waals surface area contributed by atoms with Crippen LogP contribution in [0.2, 0.25) is 0 Å². The molecule has 0 saturated carbocycles. The van der Waals surface area contributed by atoms with Crippen LogP contribution in [0.15, 0.2) is 0 Å². The van der Waals surface area contributed by atoms with Gasteiger partial charge in [0.25, 0.3) is 0 Å². The van der Waals surface area contributed by atoms with Crippen molar-refractivity contribution in [2.24, 2.45) is 0 Å². The molecule has 0 heterocycles. The SMILES string of the molecule is CCOP(=O)(NC(OC)(C(=O)OC)C(F)(F)F)OCC. The third-order valence-corrected chi connectivity index (χ3v) is 3.86. The molecule has 20 heavy (non-hydrogen) atoms. The van der Waals surface area contributed by atoms with Gasteiger partial charge in [0.1, 0.15) is 0 Å². The highest BCUT2D eigenvalue weighted by Gasteiger charge is 2.66. The molecule has 1 N–H and O–H groups in total. The maximum Gasteiger partial charge on any atom is 0.443 e. The van der Waals surface area contributed by atoms with Gasteiger partial charge in [-0.2, -0.15) is 18.3 Å². The summed E-state index contributed by atoms with van der Waals surface area (Å²) in [5, 5.41) is 1.48. The molecule has 0 aliphatic carbocycles. The monoisotopic (exact) mass is 323 g/mol. The topological polar surface area (TPSA) is 83.1 Å². The van der Waals surface area contributed by atoms with Gasteiger partial charge in [0, 0.05) is 7.11 Å². The van der Waals surface area contributed by atoms with Crippen molar-refractivity contribution >= 4 is 13.7 Å².